The maximum atomic E-state index is 13.2. The molecular weight excluding hydrogens is 474 g/mol. The molecule has 0 amide bonds. The van der Waals surface area contributed by atoms with Gasteiger partial charge in [-0.05, 0) is 54.1 Å². The number of halogens is 1. The van der Waals surface area contributed by atoms with Gasteiger partial charge in [0.1, 0.15) is 29.1 Å². The van der Waals surface area contributed by atoms with Crippen LogP contribution in [-0.2, 0) is 4.74 Å². The molecule has 2 aromatic carbocycles. The van der Waals surface area contributed by atoms with E-state index in [0.717, 1.165) is 43.3 Å². The van der Waals surface area contributed by atoms with E-state index in [1.807, 2.05) is 24.3 Å². The van der Waals surface area contributed by atoms with Crippen LogP contribution >= 0.6 is 22.9 Å². The maximum Gasteiger partial charge on any atom is 0.275 e. The Morgan fingerprint density at radius 2 is 1.94 bits per heavy atom. The molecule has 2 fully saturated rings. The molecule has 7 nitrogen and oxygen atoms in total. The van der Waals surface area contributed by atoms with Gasteiger partial charge in [0.15, 0.2) is 0 Å². The molecule has 34 heavy (non-hydrogen) atoms. The van der Waals surface area contributed by atoms with Crippen molar-refractivity contribution < 1.29 is 14.6 Å². The fourth-order valence-electron chi connectivity index (χ4n) is 4.54. The van der Waals surface area contributed by atoms with Crippen LogP contribution in [0.4, 0.5) is 0 Å². The second-order valence-corrected chi connectivity index (χ2v) is 10.4. The topological polar surface area (TPSA) is 76.8 Å². The van der Waals surface area contributed by atoms with Crippen molar-refractivity contribution >= 4 is 33.2 Å². The Morgan fingerprint density at radius 1 is 1.15 bits per heavy atom. The fraction of sp³-hybridized carbons (Fsp3) is 0.280. The molecule has 4 aromatic rings. The molecule has 0 unspecified atom stereocenters. The van der Waals surface area contributed by atoms with Crippen LogP contribution in [0.2, 0.25) is 5.02 Å². The van der Waals surface area contributed by atoms with Crippen LogP contribution < -0.4 is 10.3 Å². The zero-order valence-corrected chi connectivity index (χ0v) is 19.8. The van der Waals surface area contributed by atoms with Gasteiger partial charge in [0, 0.05) is 29.9 Å². The van der Waals surface area contributed by atoms with Crippen molar-refractivity contribution in [2.45, 2.75) is 0 Å². The molecule has 9 heteroatoms. The number of phenolic OH excluding ortho intramolecular Hbond substituents is 1. The summed E-state index contributed by atoms with van der Waals surface area (Å²) in [6, 6.07) is 14.1. The lowest BCUT2D eigenvalue weighted by Gasteiger charge is -2.55. The number of thiophene rings is 1. The standard InChI is InChI=1S/C25H22ClN3O4S/c26-19-9-17(3-6-21(19)33-8-7-28-11-25(12-28)13-32-14-25)29-15-27-20-10-22(34-23(20)24(29)31)16-1-4-18(30)5-2-16/h1-6,9-10,15,30H,7-8,11-14H2. The smallest absolute Gasteiger partial charge is 0.275 e. The predicted molar refractivity (Wildman–Crippen MR) is 133 cm³/mol. The van der Waals surface area contributed by atoms with Crippen LogP contribution in [0, 0.1) is 5.41 Å². The quantitative estimate of drug-likeness (QED) is 0.432. The average Bonchev–Trinajstić information content (AvgIpc) is 3.21. The Morgan fingerprint density at radius 3 is 2.65 bits per heavy atom. The molecule has 0 radical (unpaired) electrons. The molecule has 0 atom stereocenters. The monoisotopic (exact) mass is 495 g/mol. The number of benzene rings is 2. The minimum absolute atomic E-state index is 0.156. The summed E-state index contributed by atoms with van der Waals surface area (Å²) in [5.74, 6) is 0.799. The van der Waals surface area contributed by atoms with Crippen LogP contribution in [0.3, 0.4) is 0 Å². The first-order chi connectivity index (χ1) is 16.5. The number of nitrogens with zero attached hydrogens (tertiary/aromatic N) is 3. The third-order valence-electron chi connectivity index (χ3n) is 6.38. The van der Waals surface area contributed by atoms with E-state index >= 15 is 0 Å². The Kier molecular flexibility index (Phi) is 5.33. The molecule has 0 saturated carbocycles. The number of rotatable bonds is 6. The number of aromatic hydroxyl groups is 1. The Balaban J connectivity index is 1.18. The SMILES string of the molecule is O=c1c2sc(-c3ccc(O)cc3)cc2ncn1-c1ccc(OCCN2CC3(COC3)C2)c(Cl)c1. The highest BCUT2D eigenvalue weighted by Gasteiger charge is 2.48. The first-order valence-corrected chi connectivity index (χ1v) is 12.2. The summed E-state index contributed by atoms with van der Waals surface area (Å²) >= 11 is 7.86. The van der Waals surface area contributed by atoms with Crippen LogP contribution in [0.1, 0.15) is 0 Å². The lowest BCUT2D eigenvalue weighted by Crippen LogP contribution is -2.66. The third kappa shape index (κ3) is 3.86. The molecule has 6 rings (SSSR count). The summed E-state index contributed by atoms with van der Waals surface area (Å²) in [6.45, 7) is 5.29. The second-order valence-electron chi connectivity index (χ2n) is 8.96. The van der Waals surface area contributed by atoms with E-state index in [9.17, 15) is 9.90 Å². The van der Waals surface area contributed by atoms with Gasteiger partial charge in [0.25, 0.3) is 5.56 Å². The number of phenols is 1. The number of ether oxygens (including phenoxy) is 2. The summed E-state index contributed by atoms with van der Waals surface area (Å²) in [7, 11) is 0. The van der Waals surface area contributed by atoms with Gasteiger partial charge in [-0.1, -0.05) is 11.6 Å². The van der Waals surface area contributed by atoms with Crippen LogP contribution in [0.25, 0.3) is 26.3 Å². The number of fused-ring (bicyclic) bond motifs is 1. The molecular formula is C25H22ClN3O4S. The highest BCUT2D eigenvalue weighted by atomic mass is 35.5. The molecule has 2 aromatic heterocycles. The van der Waals surface area contributed by atoms with Crippen molar-refractivity contribution in [1.82, 2.24) is 14.5 Å². The zero-order valence-electron chi connectivity index (χ0n) is 18.2. The first kappa shape index (κ1) is 21.6. The number of likely N-dealkylation sites (tertiary alicyclic amines) is 1. The van der Waals surface area contributed by atoms with E-state index in [0.29, 0.717) is 38.7 Å². The average molecular weight is 496 g/mol. The van der Waals surface area contributed by atoms with Gasteiger partial charge in [-0.2, -0.15) is 0 Å². The number of aromatic nitrogens is 2. The van der Waals surface area contributed by atoms with Gasteiger partial charge >= 0.3 is 0 Å². The van der Waals surface area contributed by atoms with Gasteiger partial charge < -0.3 is 14.6 Å². The first-order valence-electron chi connectivity index (χ1n) is 11.0. The largest absolute Gasteiger partial charge is 0.508 e. The van der Waals surface area contributed by atoms with E-state index in [1.54, 1.807) is 24.3 Å². The highest BCUT2D eigenvalue weighted by Crippen LogP contribution is 2.37. The summed E-state index contributed by atoms with van der Waals surface area (Å²) in [5.41, 5.74) is 2.43. The zero-order chi connectivity index (χ0) is 23.3. The Hall–Kier alpha value is -2.91. The minimum atomic E-state index is -0.156. The van der Waals surface area contributed by atoms with E-state index in [2.05, 4.69) is 9.88 Å². The van der Waals surface area contributed by atoms with Crippen molar-refractivity contribution in [3.63, 3.8) is 0 Å². The van der Waals surface area contributed by atoms with Crippen molar-refractivity contribution in [2.75, 3.05) is 39.5 Å². The summed E-state index contributed by atoms with van der Waals surface area (Å²) in [6.07, 6.45) is 1.52. The molecule has 1 N–H and O–H groups in total. The Labute approximate surface area is 204 Å². The van der Waals surface area contributed by atoms with Crippen molar-refractivity contribution in [3.05, 3.63) is 70.2 Å². The molecule has 1 spiro atoms. The van der Waals surface area contributed by atoms with E-state index in [4.69, 9.17) is 21.1 Å². The molecule has 2 aliphatic heterocycles. The molecule has 2 aliphatic rings. The van der Waals surface area contributed by atoms with Gasteiger partial charge in [-0.25, -0.2) is 4.98 Å². The van der Waals surface area contributed by atoms with E-state index < -0.39 is 0 Å². The third-order valence-corrected chi connectivity index (χ3v) is 7.84. The predicted octanol–water partition coefficient (Wildman–Crippen LogP) is 4.18. The van der Waals surface area contributed by atoms with Crippen molar-refractivity contribution in [2.24, 2.45) is 5.41 Å². The molecule has 2 saturated heterocycles. The van der Waals surface area contributed by atoms with E-state index in [1.165, 1.54) is 22.2 Å². The number of hydrogen-bond acceptors (Lipinski definition) is 7. The normalized spacial score (nSPS) is 17.0. The second kappa shape index (κ2) is 8.39. The molecule has 0 bridgehead atoms. The summed E-state index contributed by atoms with van der Waals surface area (Å²) in [5, 5.41) is 9.97. The maximum absolute atomic E-state index is 13.2. The van der Waals surface area contributed by atoms with Gasteiger partial charge in [0.2, 0.25) is 0 Å². The van der Waals surface area contributed by atoms with Crippen LogP contribution in [-0.4, -0.2) is 59.0 Å². The molecule has 0 aliphatic carbocycles. The van der Waals surface area contributed by atoms with Crippen molar-refractivity contribution in [1.29, 1.82) is 0 Å². The van der Waals surface area contributed by atoms with Crippen LogP contribution in [0.5, 0.6) is 11.5 Å². The molecule has 4 heterocycles. The van der Waals surface area contributed by atoms with Crippen molar-refractivity contribution in [3.8, 4) is 27.6 Å². The lowest BCUT2D eigenvalue weighted by molar-refractivity contribution is -0.189. The lowest BCUT2D eigenvalue weighted by atomic mass is 9.78. The van der Waals surface area contributed by atoms with E-state index in [-0.39, 0.29) is 11.3 Å². The highest BCUT2D eigenvalue weighted by molar-refractivity contribution is 7.22. The Bertz CT molecular complexity index is 1420. The minimum Gasteiger partial charge on any atom is -0.508 e. The summed E-state index contributed by atoms with van der Waals surface area (Å²) in [4.78, 5) is 20.9. The molecule has 174 valence electrons. The van der Waals surface area contributed by atoms with Crippen LogP contribution in [0.15, 0.2) is 59.7 Å². The van der Waals surface area contributed by atoms with Gasteiger partial charge in [-0.3, -0.25) is 14.3 Å². The number of hydrogen-bond donors (Lipinski definition) is 1. The fourth-order valence-corrected chi connectivity index (χ4v) is 5.81. The van der Waals surface area contributed by atoms with Gasteiger partial charge in [0.05, 0.1) is 29.4 Å². The van der Waals surface area contributed by atoms with Gasteiger partial charge in [-0.15, -0.1) is 11.3 Å². The summed E-state index contributed by atoms with van der Waals surface area (Å²) < 4.78 is 13.3.